The van der Waals surface area contributed by atoms with Crippen LogP contribution in [-0.2, 0) is 21.7 Å². The number of fused-ring (bicyclic) bond motifs is 2. The van der Waals surface area contributed by atoms with Gasteiger partial charge in [0, 0.05) is 23.6 Å². The lowest BCUT2D eigenvalue weighted by Crippen LogP contribution is -2.39. The highest BCUT2D eigenvalue weighted by Gasteiger charge is 2.48. The Labute approximate surface area is 154 Å². The van der Waals surface area contributed by atoms with E-state index in [1.807, 2.05) is 24.3 Å². The van der Waals surface area contributed by atoms with E-state index in [1.54, 1.807) is 20.3 Å². The SMILES string of the molecule is COc1cc(OC)c(C(O)c2ccc3c(c2)CC32OCCO2)cc1Br. The van der Waals surface area contributed by atoms with Gasteiger partial charge in [-0.3, -0.25) is 0 Å². The van der Waals surface area contributed by atoms with E-state index >= 15 is 0 Å². The summed E-state index contributed by atoms with van der Waals surface area (Å²) in [7, 11) is 3.17. The second-order valence-corrected chi connectivity index (χ2v) is 7.03. The van der Waals surface area contributed by atoms with Crippen molar-refractivity contribution in [1.82, 2.24) is 0 Å². The molecule has 1 aliphatic heterocycles. The molecule has 1 saturated heterocycles. The number of ether oxygens (including phenoxy) is 4. The third-order valence-electron chi connectivity index (χ3n) is 4.83. The number of aliphatic hydroxyl groups is 1. The maximum atomic E-state index is 10.9. The number of aliphatic hydroxyl groups excluding tert-OH is 1. The Morgan fingerprint density at radius 1 is 1.08 bits per heavy atom. The Morgan fingerprint density at radius 2 is 1.80 bits per heavy atom. The van der Waals surface area contributed by atoms with Gasteiger partial charge in [0.2, 0.25) is 0 Å². The van der Waals surface area contributed by atoms with Crippen LogP contribution in [0.25, 0.3) is 0 Å². The van der Waals surface area contributed by atoms with Gasteiger partial charge in [0.25, 0.3) is 0 Å². The van der Waals surface area contributed by atoms with Crippen LogP contribution in [0.4, 0.5) is 0 Å². The minimum absolute atomic E-state index is 0.556. The largest absolute Gasteiger partial charge is 0.496 e. The minimum Gasteiger partial charge on any atom is -0.496 e. The number of hydrogen-bond acceptors (Lipinski definition) is 5. The van der Waals surface area contributed by atoms with Gasteiger partial charge in [0.15, 0.2) is 5.79 Å². The van der Waals surface area contributed by atoms with Gasteiger partial charge in [0.1, 0.15) is 17.6 Å². The van der Waals surface area contributed by atoms with Crippen LogP contribution >= 0.6 is 15.9 Å². The zero-order valence-electron chi connectivity index (χ0n) is 14.0. The average molecular weight is 407 g/mol. The fourth-order valence-corrected chi connectivity index (χ4v) is 4.05. The number of benzene rings is 2. The van der Waals surface area contributed by atoms with Crippen molar-refractivity contribution < 1.29 is 24.1 Å². The van der Waals surface area contributed by atoms with Crippen LogP contribution in [0.3, 0.4) is 0 Å². The Bertz CT molecular complexity index is 814. The molecular formula is C19H19BrO5. The summed E-state index contributed by atoms with van der Waals surface area (Å²) in [6.07, 6.45) is -0.0868. The van der Waals surface area contributed by atoms with Crippen LogP contribution in [0.5, 0.6) is 11.5 Å². The second-order valence-electron chi connectivity index (χ2n) is 6.17. The molecule has 0 radical (unpaired) electrons. The van der Waals surface area contributed by atoms with E-state index in [1.165, 1.54) is 0 Å². The first-order valence-electron chi connectivity index (χ1n) is 8.08. The first-order valence-corrected chi connectivity index (χ1v) is 8.88. The molecule has 1 fully saturated rings. The van der Waals surface area contributed by atoms with Crippen LogP contribution in [0, 0.1) is 0 Å². The van der Waals surface area contributed by atoms with Crippen molar-refractivity contribution in [2.24, 2.45) is 0 Å². The Morgan fingerprint density at radius 3 is 2.44 bits per heavy atom. The zero-order chi connectivity index (χ0) is 17.6. The summed E-state index contributed by atoms with van der Waals surface area (Å²) in [5.41, 5.74) is 3.69. The maximum absolute atomic E-state index is 10.9. The van der Waals surface area contributed by atoms with Crippen LogP contribution in [0.15, 0.2) is 34.8 Å². The van der Waals surface area contributed by atoms with E-state index in [2.05, 4.69) is 15.9 Å². The molecule has 1 spiro atoms. The fraction of sp³-hybridized carbons (Fsp3) is 0.368. The van der Waals surface area contributed by atoms with Crippen molar-refractivity contribution in [2.45, 2.75) is 18.3 Å². The van der Waals surface area contributed by atoms with Crippen molar-refractivity contribution in [3.63, 3.8) is 0 Å². The van der Waals surface area contributed by atoms with Gasteiger partial charge in [0.05, 0.1) is 31.9 Å². The van der Waals surface area contributed by atoms with Crippen LogP contribution < -0.4 is 9.47 Å². The molecule has 1 atom stereocenters. The molecule has 6 heteroatoms. The molecule has 1 unspecified atom stereocenters. The number of hydrogen-bond donors (Lipinski definition) is 1. The molecule has 0 amide bonds. The fourth-order valence-electron chi connectivity index (χ4n) is 3.53. The van der Waals surface area contributed by atoms with Gasteiger partial charge in [-0.15, -0.1) is 0 Å². The van der Waals surface area contributed by atoms with Gasteiger partial charge in [-0.1, -0.05) is 18.2 Å². The summed E-state index contributed by atoms with van der Waals surface area (Å²) in [5.74, 6) is 0.677. The van der Waals surface area contributed by atoms with E-state index in [-0.39, 0.29) is 0 Å². The van der Waals surface area contributed by atoms with Crippen LogP contribution in [0.2, 0.25) is 0 Å². The molecular weight excluding hydrogens is 388 g/mol. The smallest absolute Gasteiger partial charge is 0.199 e. The number of methoxy groups -OCH3 is 2. The summed E-state index contributed by atoms with van der Waals surface area (Å²) < 4.78 is 23.0. The lowest BCUT2D eigenvalue weighted by atomic mass is 9.80. The zero-order valence-corrected chi connectivity index (χ0v) is 15.6. The van der Waals surface area contributed by atoms with Gasteiger partial charge in [-0.25, -0.2) is 0 Å². The summed E-state index contributed by atoms with van der Waals surface area (Å²) in [6.45, 7) is 1.25. The second kappa shape index (κ2) is 6.29. The predicted octanol–water partition coefficient (Wildman–Crippen LogP) is 3.30. The van der Waals surface area contributed by atoms with Crippen molar-refractivity contribution in [2.75, 3.05) is 27.4 Å². The van der Waals surface area contributed by atoms with Gasteiger partial charge >= 0.3 is 0 Å². The molecule has 1 heterocycles. The molecule has 1 N–H and O–H groups in total. The van der Waals surface area contributed by atoms with Crippen LogP contribution in [-0.4, -0.2) is 32.5 Å². The van der Waals surface area contributed by atoms with Crippen LogP contribution in [0.1, 0.15) is 28.4 Å². The predicted molar refractivity (Wildman–Crippen MR) is 95.0 cm³/mol. The highest BCUT2D eigenvalue weighted by Crippen LogP contribution is 2.47. The van der Waals surface area contributed by atoms with E-state index < -0.39 is 11.9 Å². The van der Waals surface area contributed by atoms with E-state index in [9.17, 15) is 5.11 Å². The highest BCUT2D eigenvalue weighted by molar-refractivity contribution is 9.10. The third kappa shape index (κ3) is 2.64. The molecule has 0 aromatic heterocycles. The summed E-state index contributed by atoms with van der Waals surface area (Å²) in [6, 6.07) is 9.49. The minimum atomic E-state index is -0.801. The average Bonchev–Trinajstić information content (AvgIpc) is 3.11. The van der Waals surface area contributed by atoms with Gasteiger partial charge in [-0.05, 0) is 33.1 Å². The standard InChI is InChI=1S/C19H19BrO5/c1-22-16-9-17(23-2)15(20)8-13(16)18(21)11-3-4-14-12(7-11)10-19(14)24-5-6-25-19/h3-4,7-9,18,21H,5-6,10H2,1-2H3. The molecule has 5 nitrogen and oxygen atoms in total. The number of rotatable bonds is 4. The van der Waals surface area contributed by atoms with Gasteiger partial charge in [-0.2, -0.15) is 0 Å². The van der Waals surface area contributed by atoms with E-state index in [4.69, 9.17) is 18.9 Å². The van der Waals surface area contributed by atoms with E-state index in [0.29, 0.717) is 36.7 Å². The molecule has 0 bridgehead atoms. The summed E-state index contributed by atoms with van der Waals surface area (Å²) >= 11 is 3.46. The molecule has 25 heavy (non-hydrogen) atoms. The Hall–Kier alpha value is -1.60. The van der Waals surface area contributed by atoms with Gasteiger partial charge < -0.3 is 24.1 Å². The molecule has 2 aliphatic rings. The summed E-state index contributed by atoms with van der Waals surface area (Å²) in [5, 5.41) is 10.9. The summed E-state index contributed by atoms with van der Waals surface area (Å²) in [4.78, 5) is 0. The Kier molecular flexibility index (Phi) is 4.24. The van der Waals surface area contributed by atoms with Crippen molar-refractivity contribution in [1.29, 1.82) is 0 Å². The molecule has 1 aliphatic carbocycles. The van der Waals surface area contributed by atoms with Crippen molar-refractivity contribution >= 4 is 15.9 Å². The lowest BCUT2D eigenvalue weighted by Gasteiger charge is -2.39. The van der Waals surface area contributed by atoms with Crippen molar-refractivity contribution in [3.05, 3.63) is 57.1 Å². The topological polar surface area (TPSA) is 57.2 Å². The maximum Gasteiger partial charge on any atom is 0.199 e. The number of halogens is 1. The quantitative estimate of drug-likeness (QED) is 0.843. The van der Waals surface area contributed by atoms with E-state index in [0.717, 1.165) is 21.2 Å². The van der Waals surface area contributed by atoms with Crippen molar-refractivity contribution in [3.8, 4) is 11.5 Å². The highest BCUT2D eigenvalue weighted by atomic mass is 79.9. The molecule has 132 valence electrons. The molecule has 0 saturated carbocycles. The lowest BCUT2D eigenvalue weighted by molar-refractivity contribution is -0.182. The molecule has 2 aromatic rings. The Balaban J connectivity index is 1.67. The first kappa shape index (κ1) is 16.8. The molecule has 4 rings (SSSR count). The first-order chi connectivity index (χ1) is 12.1. The monoisotopic (exact) mass is 406 g/mol. The third-order valence-corrected chi connectivity index (χ3v) is 5.45. The molecule has 2 aromatic carbocycles. The normalized spacial score (nSPS) is 18.6.